The molecule has 82 valence electrons. The number of hydrogen-bond acceptors (Lipinski definition) is 5. The maximum absolute atomic E-state index is 11.3. The molecule has 0 fully saturated rings. The van der Waals surface area contributed by atoms with E-state index in [2.05, 4.69) is 6.58 Å². The quantitative estimate of drug-likeness (QED) is 0.394. The molecule has 0 saturated heterocycles. The number of rotatable bonds is 5. The Morgan fingerprint density at radius 2 is 2.00 bits per heavy atom. The first kappa shape index (κ1) is 13.2. The van der Waals surface area contributed by atoms with Crippen LogP contribution in [0.15, 0.2) is 12.2 Å². The molecular formula is C7H13NO5S. The van der Waals surface area contributed by atoms with E-state index >= 15 is 0 Å². The molecule has 14 heavy (non-hydrogen) atoms. The van der Waals surface area contributed by atoms with Crippen molar-refractivity contribution in [3.05, 3.63) is 12.2 Å². The van der Waals surface area contributed by atoms with E-state index in [1.54, 1.807) is 0 Å². The highest BCUT2D eigenvalue weighted by molar-refractivity contribution is 7.85. The molecule has 0 saturated carbocycles. The molecule has 0 aromatic heterocycles. The minimum Gasteiger partial charge on any atom is -0.379 e. The third-order valence-electron chi connectivity index (χ3n) is 1.57. The predicted octanol–water partition coefficient (Wildman–Crippen LogP) is -1.29. The van der Waals surface area contributed by atoms with Gasteiger partial charge in [-0.05, 0) is 12.5 Å². The number of carbonyl (C=O) groups excluding carboxylic acids is 1. The SMILES string of the molecule is C=C(C)C(=O)C(O)(CN)CS(=O)(=O)O. The van der Waals surface area contributed by atoms with Crippen LogP contribution in [-0.2, 0) is 14.9 Å². The molecule has 0 bridgehead atoms. The maximum Gasteiger partial charge on any atom is 0.268 e. The molecule has 7 heteroatoms. The van der Waals surface area contributed by atoms with Crippen molar-refractivity contribution in [3.8, 4) is 0 Å². The summed E-state index contributed by atoms with van der Waals surface area (Å²) in [5.41, 5.74) is 2.75. The lowest BCUT2D eigenvalue weighted by atomic mass is 9.96. The summed E-state index contributed by atoms with van der Waals surface area (Å²) in [6, 6.07) is 0. The fourth-order valence-corrected chi connectivity index (χ4v) is 1.77. The number of aliphatic hydroxyl groups is 1. The van der Waals surface area contributed by atoms with Crippen molar-refractivity contribution in [3.63, 3.8) is 0 Å². The summed E-state index contributed by atoms with van der Waals surface area (Å²) in [5.74, 6) is -2.01. The molecule has 0 aromatic rings. The lowest BCUT2D eigenvalue weighted by Crippen LogP contribution is -2.51. The van der Waals surface area contributed by atoms with Crippen LogP contribution in [-0.4, -0.2) is 41.8 Å². The lowest BCUT2D eigenvalue weighted by Gasteiger charge is -2.23. The minimum absolute atomic E-state index is 0.0263. The van der Waals surface area contributed by atoms with Gasteiger partial charge in [-0.2, -0.15) is 8.42 Å². The van der Waals surface area contributed by atoms with Gasteiger partial charge >= 0.3 is 0 Å². The first-order chi connectivity index (χ1) is 6.12. The van der Waals surface area contributed by atoms with Crippen LogP contribution in [0, 0.1) is 0 Å². The van der Waals surface area contributed by atoms with E-state index in [9.17, 15) is 18.3 Å². The van der Waals surface area contributed by atoms with Gasteiger partial charge in [-0.25, -0.2) is 0 Å². The zero-order chi connectivity index (χ0) is 11.6. The van der Waals surface area contributed by atoms with Gasteiger partial charge in [-0.3, -0.25) is 9.35 Å². The average Bonchev–Trinajstić information content (AvgIpc) is 1.99. The Morgan fingerprint density at radius 1 is 1.57 bits per heavy atom. The topological polar surface area (TPSA) is 118 Å². The normalized spacial score (nSPS) is 16.0. The van der Waals surface area contributed by atoms with E-state index in [0.717, 1.165) is 0 Å². The van der Waals surface area contributed by atoms with Crippen molar-refractivity contribution in [2.75, 3.05) is 12.3 Å². The van der Waals surface area contributed by atoms with Crippen LogP contribution in [0.1, 0.15) is 6.92 Å². The second-order valence-corrected chi connectivity index (χ2v) is 4.52. The molecule has 0 radical (unpaired) electrons. The van der Waals surface area contributed by atoms with Crippen molar-refractivity contribution >= 4 is 15.9 Å². The van der Waals surface area contributed by atoms with Gasteiger partial charge in [-0.1, -0.05) is 6.58 Å². The Hall–Kier alpha value is -0.760. The Labute approximate surface area is 82.2 Å². The van der Waals surface area contributed by atoms with E-state index < -0.39 is 33.8 Å². The van der Waals surface area contributed by atoms with Crippen LogP contribution in [0.4, 0.5) is 0 Å². The number of hydrogen-bond donors (Lipinski definition) is 3. The van der Waals surface area contributed by atoms with Gasteiger partial charge in [0.15, 0.2) is 11.4 Å². The standard InChI is InChI=1S/C7H13NO5S/c1-5(2)6(9)7(10,3-8)4-14(11,12)13/h10H,1,3-4,8H2,2H3,(H,11,12,13). The summed E-state index contributed by atoms with van der Waals surface area (Å²) in [7, 11) is -4.46. The van der Waals surface area contributed by atoms with E-state index in [1.807, 2.05) is 0 Å². The molecule has 0 aromatic carbocycles. The molecule has 6 nitrogen and oxygen atoms in total. The van der Waals surface area contributed by atoms with Gasteiger partial charge in [0.25, 0.3) is 10.1 Å². The van der Waals surface area contributed by atoms with Gasteiger partial charge < -0.3 is 10.8 Å². The zero-order valence-electron chi connectivity index (χ0n) is 7.73. The molecule has 0 amide bonds. The number of Topliss-reactive ketones (excluding diaryl/α,β-unsaturated/α-hetero) is 1. The van der Waals surface area contributed by atoms with Gasteiger partial charge in [-0.15, -0.1) is 0 Å². The fraction of sp³-hybridized carbons (Fsp3) is 0.571. The number of ketones is 1. The monoisotopic (exact) mass is 223 g/mol. The molecular weight excluding hydrogens is 210 g/mol. The average molecular weight is 223 g/mol. The molecule has 0 aliphatic heterocycles. The van der Waals surface area contributed by atoms with E-state index in [-0.39, 0.29) is 5.57 Å². The summed E-state index contributed by atoms with van der Waals surface area (Å²) >= 11 is 0. The van der Waals surface area contributed by atoms with Gasteiger partial charge in [0.05, 0.1) is 0 Å². The van der Waals surface area contributed by atoms with Crippen LogP contribution < -0.4 is 5.73 Å². The highest BCUT2D eigenvalue weighted by atomic mass is 32.2. The van der Waals surface area contributed by atoms with Crippen molar-refractivity contribution in [2.24, 2.45) is 5.73 Å². The minimum atomic E-state index is -4.46. The Kier molecular flexibility index (Phi) is 3.95. The van der Waals surface area contributed by atoms with Crippen molar-refractivity contribution in [1.29, 1.82) is 0 Å². The second-order valence-electron chi connectivity index (χ2n) is 3.07. The summed E-state index contributed by atoms with van der Waals surface area (Å²) in [6.07, 6.45) is 0. The molecule has 0 aliphatic rings. The Morgan fingerprint density at radius 3 is 2.21 bits per heavy atom. The van der Waals surface area contributed by atoms with Crippen LogP contribution >= 0.6 is 0 Å². The van der Waals surface area contributed by atoms with E-state index in [1.165, 1.54) is 6.92 Å². The van der Waals surface area contributed by atoms with E-state index in [4.69, 9.17) is 10.3 Å². The fourth-order valence-electron chi connectivity index (χ4n) is 0.916. The lowest BCUT2D eigenvalue weighted by molar-refractivity contribution is -0.130. The second kappa shape index (κ2) is 4.18. The van der Waals surface area contributed by atoms with Crippen molar-refractivity contribution in [1.82, 2.24) is 0 Å². The Bertz CT molecular complexity index is 347. The van der Waals surface area contributed by atoms with Gasteiger partial charge in [0, 0.05) is 6.54 Å². The molecule has 1 atom stereocenters. The summed E-state index contributed by atoms with van der Waals surface area (Å²) in [5, 5.41) is 9.52. The Balaban J connectivity index is 5.00. The van der Waals surface area contributed by atoms with Crippen LogP contribution in [0.3, 0.4) is 0 Å². The van der Waals surface area contributed by atoms with Gasteiger partial charge in [0.2, 0.25) is 0 Å². The largest absolute Gasteiger partial charge is 0.379 e. The van der Waals surface area contributed by atoms with Crippen molar-refractivity contribution < 1.29 is 22.9 Å². The first-order valence-corrected chi connectivity index (χ1v) is 5.31. The zero-order valence-corrected chi connectivity index (χ0v) is 8.54. The highest BCUT2D eigenvalue weighted by Gasteiger charge is 2.38. The smallest absolute Gasteiger partial charge is 0.268 e. The molecule has 0 rings (SSSR count). The maximum atomic E-state index is 11.3. The third kappa shape index (κ3) is 3.54. The highest BCUT2D eigenvalue weighted by Crippen LogP contribution is 2.12. The molecule has 0 aliphatic carbocycles. The van der Waals surface area contributed by atoms with Crippen LogP contribution in [0.25, 0.3) is 0 Å². The molecule has 1 unspecified atom stereocenters. The molecule has 0 heterocycles. The number of carbonyl (C=O) groups is 1. The number of nitrogens with two attached hydrogens (primary N) is 1. The summed E-state index contributed by atoms with van der Waals surface area (Å²) in [6.45, 7) is 3.97. The third-order valence-corrected chi connectivity index (χ3v) is 2.41. The van der Waals surface area contributed by atoms with Crippen molar-refractivity contribution in [2.45, 2.75) is 12.5 Å². The first-order valence-electron chi connectivity index (χ1n) is 3.70. The molecule has 4 N–H and O–H groups in total. The molecule has 0 spiro atoms. The van der Waals surface area contributed by atoms with Crippen LogP contribution in [0.2, 0.25) is 0 Å². The summed E-state index contributed by atoms with van der Waals surface area (Å²) < 4.78 is 29.5. The van der Waals surface area contributed by atoms with Gasteiger partial charge in [0.1, 0.15) is 5.75 Å². The predicted molar refractivity (Wildman–Crippen MR) is 50.2 cm³/mol. The van der Waals surface area contributed by atoms with Crippen LogP contribution in [0.5, 0.6) is 0 Å². The van der Waals surface area contributed by atoms with E-state index in [0.29, 0.717) is 0 Å². The summed E-state index contributed by atoms with van der Waals surface area (Å²) in [4.78, 5) is 11.3.